The van der Waals surface area contributed by atoms with Crippen molar-refractivity contribution in [2.24, 2.45) is 0 Å². The average molecular weight is 386 g/mol. The first kappa shape index (κ1) is 16.7. The summed E-state index contributed by atoms with van der Waals surface area (Å²) in [7, 11) is 0. The fourth-order valence-corrected chi connectivity index (χ4v) is 4.01. The van der Waals surface area contributed by atoms with E-state index in [4.69, 9.17) is 0 Å². The highest BCUT2D eigenvalue weighted by Crippen LogP contribution is 2.33. The standard InChI is InChI=1S/C26H18N4/c1-3-8-20(9-4-1)28-16-17-29(19-28)22-13-14-23-24-12-7-15-27-26(24)30(25(23)18-22)21-10-5-2-6-11-21/h1-18H/q+2. The van der Waals surface area contributed by atoms with Crippen molar-refractivity contribution in [2.75, 3.05) is 0 Å². The average Bonchev–Trinajstić information content (AvgIpc) is 3.43. The Morgan fingerprint density at radius 3 is 2.20 bits per heavy atom. The maximum absolute atomic E-state index is 4.69. The minimum atomic E-state index is 0.965. The molecule has 0 saturated carbocycles. The number of pyridine rings is 1. The minimum Gasteiger partial charge on any atom is -0.294 e. The Morgan fingerprint density at radius 2 is 1.40 bits per heavy atom. The van der Waals surface area contributed by atoms with Crippen molar-refractivity contribution in [3.05, 3.63) is 110 Å². The zero-order valence-electron chi connectivity index (χ0n) is 16.2. The summed E-state index contributed by atoms with van der Waals surface area (Å²) in [4.78, 5) is 4.69. The van der Waals surface area contributed by atoms with Crippen molar-refractivity contribution < 1.29 is 9.15 Å². The van der Waals surface area contributed by atoms with E-state index in [-0.39, 0.29) is 0 Å². The number of rotatable bonds is 3. The highest BCUT2D eigenvalue weighted by atomic mass is 15.1. The van der Waals surface area contributed by atoms with Crippen LogP contribution in [0.1, 0.15) is 0 Å². The van der Waals surface area contributed by atoms with Crippen LogP contribution >= 0.6 is 0 Å². The van der Waals surface area contributed by atoms with Gasteiger partial charge in [0.1, 0.15) is 5.65 Å². The molecule has 30 heavy (non-hydrogen) atoms. The predicted molar refractivity (Wildman–Crippen MR) is 119 cm³/mol. The summed E-state index contributed by atoms with van der Waals surface area (Å²) >= 11 is 0. The Balaban J connectivity index is 1.60. The lowest BCUT2D eigenvalue weighted by Crippen LogP contribution is -1.97. The monoisotopic (exact) mass is 386 g/mol. The maximum atomic E-state index is 4.69. The summed E-state index contributed by atoms with van der Waals surface area (Å²) in [5, 5.41) is 2.34. The Labute approximate surface area is 173 Å². The Hall–Kier alpha value is -4.27. The molecule has 0 amide bonds. The second-order valence-electron chi connectivity index (χ2n) is 7.22. The van der Waals surface area contributed by atoms with E-state index in [9.17, 15) is 0 Å². The third-order valence-electron chi connectivity index (χ3n) is 5.42. The van der Waals surface area contributed by atoms with Gasteiger partial charge in [0.05, 0.1) is 5.52 Å². The van der Waals surface area contributed by atoms with Crippen LogP contribution in [0.4, 0.5) is 11.4 Å². The van der Waals surface area contributed by atoms with E-state index in [1.807, 2.05) is 58.1 Å². The Bertz CT molecular complexity index is 1500. The van der Waals surface area contributed by atoms with Gasteiger partial charge < -0.3 is 0 Å². The summed E-state index contributed by atoms with van der Waals surface area (Å²) in [6.45, 7) is 0. The molecule has 1 aliphatic heterocycles. The highest BCUT2D eigenvalue weighted by Gasteiger charge is 2.22. The number of fused-ring (bicyclic) bond motifs is 3. The van der Waals surface area contributed by atoms with E-state index < -0.39 is 0 Å². The number of benzene rings is 3. The largest absolute Gasteiger partial charge is 0.501 e. The normalized spacial score (nSPS) is 13.1. The maximum Gasteiger partial charge on any atom is 0.501 e. The van der Waals surface area contributed by atoms with Gasteiger partial charge in [-0.2, -0.15) is 0 Å². The van der Waals surface area contributed by atoms with Gasteiger partial charge in [0.25, 0.3) is 12.4 Å². The number of hydrogen-bond donors (Lipinski definition) is 0. The van der Waals surface area contributed by atoms with Crippen LogP contribution in [0.3, 0.4) is 0 Å². The summed E-state index contributed by atoms with van der Waals surface area (Å²) in [5.74, 6) is 0. The molecule has 0 bridgehead atoms. The number of aromatic nitrogens is 2. The zero-order valence-corrected chi connectivity index (χ0v) is 16.2. The molecule has 5 aromatic rings. The summed E-state index contributed by atoms with van der Waals surface area (Å²) in [6, 6.07) is 34.7. The predicted octanol–water partition coefficient (Wildman–Crippen LogP) is 5.83. The Morgan fingerprint density at radius 1 is 0.667 bits per heavy atom. The van der Waals surface area contributed by atoms with E-state index in [1.165, 1.54) is 5.39 Å². The molecule has 2 aromatic heterocycles. The molecule has 0 spiro atoms. The van der Waals surface area contributed by atoms with Gasteiger partial charge in [-0.25, -0.2) is 4.98 Å². The molecule has 1 aliphatic rings. The van der Waals surface area contributed by atoms with Gasteiger partial charge in [-0.05, 0) is 30.3 Å². The molecule has 3 aromatic carbocycles. The molecular formula is C26H18N4+2. The quantitative estimate of drug-likeness (QED) is 0.358. The second-order valence-corrected chi connectivity index (χ2v) is 7.22. The van der Waals surface area contributed by atoms with Crippen LogP contribution in [-0.4, -0.2) is 24.7 Å². The number of nitrogens with zero attached hydrogens (tertiary/aromatic N) is 4. The van der Waals surface area contributed by atoms with Crippen LogP contribution in [0.25, 0.3) is 27.6 Å². The molecule has 0 N–H and O–H groups in total. The molecule has 0 unspecified atom stereocenters. The highest BCUT2D eigenvalue weighted by molar-refractivity contribution is 6.08. The first-order valence-corrected chi connectivity index (χ1v) is 9.91. The molecule has 0 aliphatic carbocycles. The van der Waals surface area contributed by atoms with Crippen molar-refractivity contribution in [2.45, 2.75) is 0 Å². The van der Waals surface area contributed by atoms with E-state index in [0.717, 1.165) is 33.6 Å². The SMILES string of the molecule is C1=[N+](c2ccccc2)C=C[N+]=1c1ccc2c3cccnc3n(-c3ccccc3)c2c1. The first-order chi connectivity index (χ1) is 14.9. The summed E-state index contributed by atoms with van der Waals surface area (Å²) in [5.41, 5.74) is 5.33. The number of hydrogen-bond acceptors (Lipinski definition) is 1. The van der Waals surface area contributed by atoms with Crippen LogP contribution in [0.2, 0.25) is 0 Å². The van der Waals surface area contributed by atoms with Gasteiger partial charge >= 0.3 is 6.01 Å². The summed E-state index contributed by atoms with van der Waals surface area (Å²) in [6.07, 6.45) is 5.90. The van der Waals surface area contributed by atoms with Gasteiger partial charge in [0.2, 0.25) is 11.4 Å². The van der Waals surface area contributed by atoms with E-state index >= 15 is 0 Å². The molecular weight excluding hydrogens is 368 g/mol. The topological polar surface area (TPSA) is 23.8 Å². The fraction of sp³-hybridized carbons (Fsp3) is 0. The van der Waals surface area contributed by atoms with Gasteiger partial charge in [0, 0.05) is 46.9 Å². The molecule has 140 valence electrons. The smallest absolute Gasteiger partial charge is 0.294 e. The zero-order chi connectivity index (χ0) is 19.9. The second kappa shape index (κ2) is 6.66. The van der Waals surface area contributed by atoms with Crippen molar-refractivity contribution in [3.8, 4) is 5.69 Å². The van der Waals surface area contributed by atoms with Crippen molar-refractivity contribution >= 4 is 39.3 Å². The van der Waals surface area contributed by atoms with Crippen LogP contribution in [-0.2, 0) is 0 Å². The van der Waals surface area contributed by atoms with Crippen LogP contribution in [0, 0.1) is 0 Å². The minimum absolute atomic E-state index is 0.965. The lowest BCUT2D eigenvalue weighted by atomic mass is 10.2. The van der Waals surface area contributed by atoms with Gasteiger partial charge in [-0.15, -0.1) is 0 Å². The third kappa shape index (κ3) is 2.60. The first-order valence-electron chi connectivity index (χ1n) is 9.91. The molecule has 4 nitrogen and oxygen atoms in total. The van der Waals surface area contributed by atoms with Crippen molar-refractivity contribution in [1.29, 1.82) is 0 Å². The van der Waals surface area contributed by atoms with E-state index in [0.29, 0.717) is 0 Å². The van der Waals surface area contributed by atoms with Gasteiger partial charge in [-0.3, -0.25) is 4.57 Å². The van der Waals surface area contributed by atoms with Gasteiger partial charge in [-0.1, -0.05) is 45.5 Å². The lowest BCUT2D eigenvalue weighted by molar-refractivity contribution is -0.387. The van der Waals surface area contributed by atoms with Crippen molar-refractivity contribution in [1.82, 2.24) is 9.55 Å². The molecule has 4 heteroatoms. The third-order valence-corrected chi connectivity index (χ3v) is 5.42. The number of para-hydroxylation sites is 2. The summed E-state index contributed by atoms with van der Waals surface area (Å²) < 4.78 is 6.24. The van der Waals surface area contributed by atoms with Crippen LogP contribution < -0.4 is 0 Å². The van der Waals surface area contributed by atoms with Gasteiger partial charge in [0.15, 0.2) is 0 Å². The van der Waals surface area contributed by atoms with Crippen LogP contribution in [0.15, 0.2) is 110 Å². The molecule has 3 heterocycles. The van der Waals surface area contributed by atoms with E-state index in [1.54, 1.807) is 0 Å². The van der Waals surface area contributed by atoms with Crippen molar-refractivity contribution in [3.63, 3.8) is 0 Å². The molecule has 0 atom stereocenters. The fourth-order valence-electron chi connectivity index (χ4n) is 4.01. The molecule has 6 rings (SSSR count). The Kier molecular flexibility index (Phi) is 3.70. The molecule has 0 fully saturated rings. The van der Waals surface area contributed by atoms with Crippen LogP contribution in [0.5, 0.6) is 0 Å². The van der Waals surface area contributed by atoms with E-state index in [2.05, 4.69) is 76.2 Å². The lowest BCUT2D eigenvalue weighted by Gasteiger charge is -2.06. The molecule has 0 radical (unpaired) electrons. The molecule has 0 saturated heterocycles.